The Balaban J connectivity index is 1.78. The number of nitrogens with zero attached hydrogens (tertiary/aromatic N) is 2. The van der Waals surface area contributed by atoms with E-state index in [1.807, 2.05) is 18.2 Å². The van der Waals surface area contributed by atoms with E-state index in [1.54, 1.807) is 30.5 Å². The first-order valence-corrected chi connectivity index (χ1v) is 8.33. The Morgan fingerprint density at radius 3 is 2.54 bits per heavy atom. The van der Waals surface area contributed by atoms with Crippen molar-refractivity contribution in [2.24, 2.45) is 0 Å². The van der Waals surface area contributed by atoms with Gasteiger partial charge in [-0.05, 0) is 42.3 Å². The molecule has 0 radical (unpaired) electrons. The van der Waals surface area contributed by atoms with Crippen LogP contribution in [0.2, 0.25) is 0 Å². The fraction of sp³-hybridized carbons (Fsp3) is 0.150. The van der Waals surface area contributed by atoms with Crippen molar-refractivity contribution in [3.8, 4) is 0 Å². The third-order valence-corrected chi connectivity index (χ3v) is 3.87. The number of methoxy groups -OCH3 is 1. The van der Waals surface area contributed by atoms with Crippen molar-refractivity contribution in [1.29, 1.82) is 0 Å². The number of carbonyl (C=O) groups is 1. The molecule has 3 rings (SSSR count). The van der Waals surface area contributed by atoms with Gasteiger partial charge in [0, 0.05) is 11.9 Å². The maximum Gasteiger partial charge on any atom is 0.339 e. The molecule has 2 aromatic carbocycles. The zero-order valence-electron chi connectivity index (χ0n) is 14.7. The number of esters is 1. The number of hydrogen-bond donors (Lipinski definition) is 2. The largest absolute Gasteiger partial charge is 0.465 e. The molecule has 2 N–H and O–H groups in total. The summed E-state index contributed by atoms with van der Waals surface area (Å²) < 4.78 is 4.80. The molecule has 0 saturated carbocycles. The van der Waals surface area contributed by atoms with Crippen LogP contribution in [0.25, 0.3) is 0 Å². The van der Waals surface area contributed by atoms with E-state index in [2.05, 4.69) is 39.7 Å². The van der Waals surface area contributed by atoms with Crippen molar-refractivity contribution in [3.05, 3.63) is 71.9 Å². The summed E-state index contributed by atoms with van der Waals surface area (Å²) in [5.41, 5.74) is 3.23. The first-order chi connectivity index (χ1) is 12.7. The number of para-hydroxylation sites is 1. The highest BCUT2D eigenvalue weighted by molar-refractivity contribution is 5.96. The summed E-state index contributed by atoms with van der Waals surface area (Å²) in [6.07, 6.45) is 2.65. The molecule has 1 heterocycles. The molecule has 0 spiro atoms. The van der Waals surface area contributed by atoms with E-state index in [9.17, 15) is 4.79 Å². The average molecular weight is 348 g/mol. The zero-order chi connectivity index (χ0) is 18.4. The number of aromatic nitrogens is 2. The van der Waals surface area contributed by atoms with Gasteiger partial charge in [0.05, 0.1) is 18.4 Å². The Morgan fingerprint density at radius 1 is 1.04 bits per heavy atom. The molecule has 0 fully saturated rings. The summed E-state index contributed by atoms with van der Waals surface area (Å²) in [4.78, 5) is 20.5. The zero-order valence-corrected chi connectivity index (χ0v) is 14.7. The number of anilines is 4. The van der Waals surface area contributed by atoms with Gasteiger partial charge in [0.15, 0.2) is 0 Å². The quantitative estimate of drug-likeness (QED) is 0.646. The predicted molar refractivity (Wildman–Crippen MR) is 102 cm³/mol. The van der Waals surface area contributed by atoms with Crippen LogP contribution < -0.4 is 10.6 Å². The summed E-state index contributed by atoms with van der Waals surface area (Å²) >= 11 is 0. The molecule has 0 atom stereocenters. The molecule has 0 unspecified atom stereocenters. The van der Waals surface area contributed by atoms with E-state index in [0.29, 0.717) is 23.0 Å². The lowest BCUT2D eigenvalue weighted by atomic mass is 10.1. The van der Waals surface area contributed by atoms with Crippen LogP contribution in [0.1, 0.15) is 22.8 Å². The van der Waals surface area contributed by atoms with Gasteiger partial charge in [-0.2, -0.15) is 4.98 Å². The first-order valence-electron chi connectivity index (χ1n) is 8.33. The van der Waals surface area contributed by atoms with E-state index in [1.165, 1.54) is 12.7 Å². The van der Waals surface area contributed by atoms with Crippen LogP contribution in [0.5, 0.6) is 0 Å². The summed E-state index contributed by atoms with van der Waals surface area (Å²) in [6, 6.07) is 17.0. The van der Waals surface area contributed by atoms with E-state index in [-0.39, 0.29) is 0 Å². The molecular formula is C20H20N4O2. The molecule has 0 aliphatic heterocycles. The van der Waals surface area contributed by atoms with Gasteiger partial charge in [0.2, 0.25) is 5.95 Å². The number of rotatable bonds is 6. The van der Waals surface area contributed by atoms with E-state index in [0.717, 1.165) is 12.1 Å². The third-order valence-electron chi connectivity index (χ3n) is 3.87. The summed E-state index contributed by atoms with van der Waals surface area (Å²) in [5, 5.41) is 6.32. The Morgan fingerprint density at radius 2 is 1.81 bits per heavy atom. The maximum atomic E-state index is 11.9. The predicted octanol–water partition coefficient (Wildman–Crippen LogP) is 4.31. The van der Waals surface area contributed by atoms with Gasteiger partial charge < -0.3 is 15.4 Å². The van der Waals surface area contributed by atoms with E-state index < -0.39 is 5.97 Å². The minimum Gasteiger partial charge on any atom is -0.465 e. The van der Waals surface area contributed by atoms with Gasteiger partial charge in [-0.25, -0.2) is 9.78 Å². The van der Waals surface area contributed by atoms with Crippen molar-refractivity contribution in [2.45, 2.75) is 13.3 Å². The Hall–Kier alpha value is -3.41. The molecule has 0 saturated heterocycles. The lowest BCUT2D eigenvalue weighted by molar-refractivity contribution is 0.0602. The summed E-state index contributed by atoms with van der Waals surface area (Å²) in [6.45, 7) is 2.12. The lowest BCUT2D eigenvalue weighted by Crippen LogP contribution is -2.07. The van der Waals surface area contributed by atoms with Crippen LogP contribution in [-0.4, -0.2) is 23.0 Å². The number of hydrogen-bond acceptors (Lipinski definition) is 6. The summed E-state index contributed by atoms with van der Waals surface area (Å²) in [7, 11) is 1.35. The lowest BCUT2D eigenvalue weighted by Gasteiger charge is -2.11. The maximum absolute atomic E-state index is 11.9. The van der Waals surface area contributed by atoms with Gasteiger partial charge in [-0.15, -0.1) is 0 Å². The number of nitrogens with one attached hydrogen (secondary N) is 2. The van der Waals surface area contributed by atoms with E-state index in [4.69, 9.17) is 4.74 Å². The standard InChI is InChI=1S/C20H20N4O2/c1-3-14-8-10-15(11-9-14)22-18-12-13-21-20(24-18)23-17-7-5-4-6-16(17)19(25)26-2/h4-13H,3H2,1-2H3,(H2,21,22,23,24). The number of aryl methyl sites for hydroxylation is 1. The molecular weight excluding hydrogens is 328 g/mol. The SMILES string of the molecule is CCc1ccc(Nc2ccnc(Nc3ccccc3C(=O)OC)n2)cc1. The molecule has 0 bridgehead atoms. The van der Waals surface area contributed by atoms with Crippen molar-refractivity contribution < 1.29 is 9.53 Å². The van der Waals surface area contributed by atoms with Crippen LogP contribution in [0, 0.1) is 0 Å². The molecule has 6 nitrogen and oxygen atoms in total. The van der Waals surface area contributed by atoms with Crippen LogP contribution in [0.4, 0.5) is 23.1 Å². The van der Waals surface area contributed by atoms with Gasteiger partial charge in [-0.1, -0.05) is 31.2 Å². The average Bonchev–Trinajstić information content (AvgIpc) is 2.69. The van der Waals surface area contributed by atoms with Crippen LogP contribution in [-0.2, 0) is 11.2 Å². The van der Waals surface area contributed by atoms with Crippen molar-refractivity contribution in [2.75, 3.05) is 17.7 Å². The number of ether oxygens (including phenoxy) is 1. The second-order valence-electron chi connectivity index (χ2n) is 5.60. The highest BCUT2D eigenvalue weighted by Gasteiger charge is 2.12. The molecule has 26 heavy (non-hydrogen) atoms. The first kappa shape index (κ1) is 17.4. The molecule has 132 valence electrons. The second-order valence-corrected chi connectivity index (χ2v) is 5.60. The Labute approximate surface area is 152 Å². The summed E-state index contributed by atoms with van der Waals surface area (Å²) in [5.74, 6) is 0.622. The van der Waals surface area contributed by atoms with Crippen molar-refractivity contribution in [3.63, 3.8) is 0 Å². The molecule has 0 aliphatic carbocycles. The minimum atomic E-state index is -0.418. The van der Waals surface area contributed by atoms with Gasteiger partial charge in [0.1, 0.15) is 5.82 Å². The fourth-order valence-electron chi connectivity index (χ4n) is 2.46. The molecule has 0 amide bonds. The highest BCUT2D eigenvalue weighted by Crippen LogP contribution is 2.21. The second kappa shape index (κ2) is 8.11. The highest BCUT2D eigenvalue weighted by atomic mass is 16.5. The monoisotopic (exact) mass is 348 g/mol. The van der Waals surface area contributed by atoms with Gasteiger partial charge in [-0.3, -0.25) is 0 Å². The smallest absolute Gasteiger partial charge is 0.339 e. The molecule has 0 aliphatic rings. The normalized spacial score (nSPS) is 10.2. The Bertz CT molecular complexity index is 894. The third kappa shape index (κ3) is 4.16. The van der Waals surface area contributed by atoms with Crippen molar-refractivity contribution in [1.82, 2.24) is 9.97 Å². The van der Waals surface area contributed by atoms with Crippen LogP contribution in [0.15, 0.2) is 60.8 Å². The number of benzene rings is 2. The molecule has 6 heteroatoms. The fourth-order valence-corrected chi connectivity index (χ4v) is 2.46. The molecule has 1 aromatic heterocycles. The Kier molecular flexibility index (Phi) is 5.43. The van der Waals surface area contributed by atoms with E-state index >= 15 is 0 Å². The van der Waals surface area contributed by atoms with Crippen molar-refractivity contribution >= 4 is 29.1 Å². The van der Waals surface area contributed by atoms with Crippen LogP contribution in [0.3, 0.4) is 0 Å². The van der Waals surface area contributed by atoms with Crippen LogP contribution >= 0.6 is 0 Å². The topological polar surface area (TPSA) is 76.1 Å². The minimum absolute atomic E-state index is 0.386. The van der Waals surface area contributed by atoms with Gasteiger partial charge in [0.25, 0.3) is 0 Å². The molecule has 3 aromatic rings. The van der Waals surface area contributed by atoms with Gasteiger partial charge >= 0.3 is 5.97 Å². The number of carbonyl (C=O) groups excluding carboxylic acids is 1.